The first kappa shape index (κ1) is 19.2. The minimum Gasteiger partial charge on any atom is -0.379 e. The van der Waals surface area contributed by atoms with Gasteiger partial charge in [0.1, 0.15) is 22.8 Å². The maximum absolute atomic E-state index is 5.46. The highest BCUT2D eigenvalue weighted by atomic mass is 32.1. The Morgan fingerprint density at radius 1 is 1.06 bits per heavy atom. The average molecular weight is 436 g/mol. The normalized spacial score (nSPS) is 19.0. The SMILES string of the molecule is C1=NCc2cnc(Nc3ncnc4sc5c(c34)CCN(CCN3CCOCC3)C5)cc21. The third-order valence-electron chi connectivity index (χ3n) is 6.31. The number of ether oxygens (including phenoxy) is 1. The lowest BCUT2D eigenvalue weighted by Gasteiger charge is -2.31. The van der Waals surface area contributed by atoms with Gasteiger partial charge in [0.2, 0.25) is 0 Å². The molecule has 1 saturated heterocycles. The van der Waals surface area contributed by atoms with Crippen LogP contribution in [0.4, 0.5) is 11.6 Å². The Bertz CT molecular complexity index is 1140. The fourth-order valence-electron chi connectivity index (χ4n) is 4.56. The van der Waals surface area contributed by atoms with Gasteiger partial charge >= 0.3 is 0 Å². The predicted octanol–water partition coefficient (Wildman–Crippen LogP) is 2.45. The van der Waals surface area contributed by atoms with E-state index in [4.69, 9.17) is 4.74 Å². The molecular weight excluding hydrogens is 410 g/mol. The van der Waals surface area contributed by atoms with Crippen LogP contribution in [0.15, 0.2) is 23.6 Å². The smallest absolute Gasteiger partial charge is 0.144 e. The van der Waals surface area contributed by atoms with Gasteiger partial charge in [-0.25, -0.2) is 15.0 Å². The van der Waals surface area contributed by atoms with E-state index < -0.39 is 0 Å². The van der Waals surface area contributed by atoms with Crippen LogP contribution in [-0.2, 0) is 24.2 Å². The Balaban J connectivity index is 1.21. The van der Waals surface area contributed by atoms with E-state index in [2.05, 4.69) is 35.1 Å². The highest BCUT2D eigenvalue weighted by Gasteiger charge is 2.24. The molecule has 3 aliphatic rings. The maximum Gasteiger partial charge on any atom is 0.144 e. The second-order valence-electron chi connectivity index (χ2n) is 8.25. The summed E-state index contributed by atoms with van der Waals surface area (Å²) in [4.78, 5) is 25.6. The second-order valence-corrected chi connectivity index (χ2v) is 9.33. The van der Waals surface area contributed by atoms with Crippen LogP contribution in [-0.4, -0.2) is 76.9 Å². The summed E-state index contributed by atoms with van der Waals surface area (Å²) in [6.45, 7) is 8.83. The highest BCUT2D eigenvalue weighted by Crippen LogP contribution is 2.38. The number of nitrogens with zero attached hydrogens (tertiary/aromatic N) is 6. The monoisotopic (exact) mass is 435 g/mol. The molecule has 0 atom stereocenters. The quantitative estimate of drug-likeness (QED) is 0.659. The Kier molecular flexibility index (Phi) is 5.11. The van der Waals surface area contributed by atoms with Crippen LogP contribution in [0.2, 0.25) is 0 Å². The Hall–Kier alpha value is -2.46. The molecule has 0 spiro atoms. The molecule has 31 heavy (non-hydrogen) atoms. The lowest BCUT2D eigenvalue weighted by molar-refractivity contribution is 0.0327. The van der Waals surface area contributed by atoms with Crippen LogP contribution in [0.1, 0.15) is 21.6 Å². The maximum atomic E-state index is 5.46. The van der Waals surface area contributed by atoms with Gasteiger partial charge in [0.25, 0.3) is 0 Å². The number of rotatable bonds is 5. The van der Waals surface area contributed by atoms with Crippen LogP contribution in [0, 0.1) is 0 Å². The van der Waals surface area contributed by atoms with Crippen molar-refractivity contribution in [2.24, 2.45) is 4.99 Å². The molecule has 0 amide bonds. The van der Waals surface area contributed by atoms with Gasteiger partial charge in [0.15, 0.2) is 0 Å². The standard InChI is InChI=1S/C22H25N7OS/c1-2-29(4-3-28-5-7-30-8-6-28)13-18-17(1)20-21(25-14-26-22(20)31-18)27-19-9-15-10-23-11-16(15)12-24-19/h9-10,12,14H,1-8,11,13H2,(H,24,25,26,27). The van der Waals surface area contributed by atoms with Crippen LogP contribution >= 0.6 is 11.3 Å². The van der Waals surface area contributed by atoms with Gasteiger partial charge in [-0.2, -0.15) is 0 Å². The topological polar surface area (TPSA) is 78.8 Å². The van der Waals surface area contributed by atoms with Crippen LogP contribution in [0.25, 0.3) is 10.2 Å². The number of fused-ring (bicyclic) bond motifs is 4. The summed E-state index contributed by atoms with van der Waals surface area (Å²) >= 11 is 1.80. The molecule has 6 rings (SSSR count). The van der Waals surface area contributed by atoms with Crippen molar-refractivity contribution >= 4 is 39.4 Å². The number of anilines is 2. The number of hydrogen-bond donors (Lipinski definition) is 1. The number of thiophene rings is 1. The Labute approximate surface area is 185 Å². The van der Waals surface area contributed by atoms with Crippen molar-refractivity contribution in [1.29, 1.82) is 0 Å². The summed E-state index contributed by atoms with van der Waals surface area (Å²) in [6.07, 6.45) is 6.50. The fourth-order valence-corrected chi connectivity index (χ4v) is 5.79. The van der Waals surface area contributed by atoms with Crippen LogP contribution in [0.5, 0.6) is 0 Å². The number of aromatic nitrogens is 3. The molecule has 0 saturated carbocycles. The van der Waals surface area contributed by atoms with Crippen molar-refractivity contribution in [3.63, 3.8) is 0 Å². The number of hydrogen-bond acceptors (Lipinski definition) is 9. The molecule has 1 N–H and O–H groups in total. The molecule has 0 unspecified atom stereocenters. The molecule has 1 fully saturated rings. The van der Waals surface area contributed by atoms with Gasteiger partial charge in [-0.05, 0) is 18.1 Å². The van der Waals surface area contributed by atoms with Gasteiger partial charge in [0.05, 0.1) is 25.1 Å². The minimum atomic E-state index is 0.723. The van der Waals surface area contributed by atoms with Gasteiger partial charge in [-0.1, -0.05) is 0 Å². The minimum absolute atomic E-state index is 0.723. The summed E-state index contributed by atoms with van der Waals surface area (Å²) in [6, 6.07) is 2.05. The zero-order valence-electron chi connectivity index (χ0n) is 17.4. The van der Waals surface area contributed by atoms with Gasteiger partial charge in [-0.15, -0.1) is 11.3 Å². The van der Waals surface area contributed by atoms with Crippen molar-refractivity contribution in [2.45, 2.75) is 19.5 Å². The summed E-state index contributed by atoms with van der Waals surface area (Å²) < 4.78 is 5.46. The first-order valence-electron chi connectivity index (χ1n) is 10.9. The highest BCUT2D eigenvalue weighted by molar-refractivity contribution is 7.19. The number of aliphatic imine (C=N–C) groups is 1. The Morgan fingerprint density at radius 3 is 2.90 bits per heavy atom. The zero-order chi connectivity index (χ0) is 20.6. The average Bonchev–Trinajstić information content (AvgIpc) is 3.42. The third kappa shape index (κ3) is 3.82. The molecule has 3 aliphatic heterocycles. The largest absolute Gasteiger partial charge is 0.379 e. The molecular formula is C22H25N7OS. The van der Waals surface area contributed by atoms with Crippen molar-refractivity contribution in [1.82, 2.24) is 24.8 Å². The van der Waals surface area contributed by atoms with E-state index in [0.29, 0.717) is 0 Å². The first-order valence-corrected chi connectivity index (χ1v) is 11.7. The molecule has 160 valence electrons. The van der Waals surface area contributed by atoms with Crippen LogP contribution in [0.3, 0.4) is 0 Å². The number of pyridine rings is 1. The van der Waals surface area contributed by atoms with E-state index in [1.807, 2.05) is 18.5 Å². The van der Waals surface area contributed by atoms with E-state index in [0.717, 1.165) is 92.9 Å². The molecule has 0 bridgehead atoms. The fraction of sp³-hybridized carbons (Fsp3) is 0.455. The number of morpholine rings is 1. The van der Waals surface area contributed by atoms with E-state index in [1.54, 1.807) is 17.7 Å². The number of nitrogens with one attached hydrogen (secondary N) is 1. The van der Waals surface area contributed by atoms with Crippen molar-refractivity contribution in [3.8, 4) is 0 Å². The molecule has 0 radical (unpaired) electrons. The molecule has 3 aromatic rings. The van der Waals surface area contributed by atoms with Gasteiger partial charge < -0.3 is 10.1 Å². The molecule has 6 heterocycles. The van der Waals surface area contributed by atoms with E-state index in [1.165, 1.54) is 16.0 Å². The van der Waals surface area contributed by atoms with Gasteiger partial charge in [-0.3, -0.25) is 14.8 Å². The van der Waals surface area contributed by atoms with Crippen molar-refractivity contribution in [2.75, 3.05) is 51.3 Å². The first-order chi connectivity index (χ1) is 15.3. The molecule has 0 aromatic carbocycles. The second kappa shape index (κ2) is 8.23. The van der Waals surface area contributed by atoms with E-state index >= 15 is 0 Å². The van der Waals surface area contributed by atoms with Crippen molar-refractivity contribution < 1.29 is 4.74 Å². The summed E-state index contributed by atoms with van der Waals surface area (Å²) in [5.74, 6) is 1.65. The van der Waals surface area contributed by atoms with E-state index in [9.17, 15) is 0 Å². The molecule has 8 nitrogen and oxygen atoms in total. The summed E-state index contributed by atoms with van der Waals surface area (Å²) in [5.41, 5.74) is 3.70. The van der Waals surface area contributed by atoms with E-state index in [-0.39, 0.29) is 0 Å². The summed E-state index contributed by atoms with van der Waals surface area (Å²) in [7, 11) is 0. The summed E-state index contributed by atoms with van der Waals surface area (Å²) in [5, 5.41) is 4.60. The molecule has 9 heteroatoms. The van der Waals surface area contributed by atoms with Gasteiger partial charge in [0, 0.05) is 67.7 Å². The predicted molar refractivity (Wildman–Crippen MR) is 122 cm³/mol. The molecule has 3 aromatic heterocycles. The van der Waals surface area contributed by atoms with Crippen LogP contribution < -0.4 is 5.32 Å². The van der Waals surface area contributed by atoms with Crippen molar-refractivity contribution in [3.05, 3.63) is 40.2 Å². The lowest BCUT2D eigenvalue weighted by atomic mass is 10.0. The lowest BCUT2D eigenvalue weighted by Crippen LogP contribution is -2.42. The molecule has 0 aliphatic carbocycles. The zero-order valence-corrected chi connectivity index (χ0v) is 18.2. The third-order valence-corrected chi connectivity index (χ3v) is 7.44. The Morgan fingerprint density at radius 2 is 1.97 bits per heavy atom.